The molecule has 3 aromatic rings. The summed E-state index contributed by atoms with van der Waals surface area (Å²) < 4.78 is 77.0. The van der Waals surface area contributed by atoms with Gasteiger partial charge in [0.2, 0.25) is 0 Å². The lowest BCUT2D eigenvalue weighted by molar-refractivity contribution is -0.206. The summed E-state index contributed by atoms with van der Waals surface area (Å²) in [5.74, 6) is -0.596. The van der Waals surface area contributed by atoms with Gasteiger partial charge in [0, 0.05) is 17.1 Å². The third kappa shape index (κ3) is 5.69. The van der Waals surface area contributed by atoms with Crippen LogP contribution >= 0.6 is 0 Å². The van der Waals surface area contributed by atoms with Crippen LogP contribution in [0.25, 0.3) is 10.9 Å². The van der Waals surface area contributed by atoms with E-state index in [4.69, 9.17) is 5.73 Å². The smallest absolute Gasteiger partial charge is 0.383 e. The van der Waals surface area contributed by atoms with E-state index in [9.17, 15) is 36.2 Å². The van der Waals surface area contributed by atoms with Gasteiger partial charge in [0.25, 0.3) is 5.91 Å². The van der Waals surface area contributed by atoms with Crippen LogP contribution in [0.15, 0.2) is 42.6 Å². The minimum absolute atomic E-state index is 0.00485. The molecule has 1 aromatic carbocycles. The van der Waals surface area contributed by atoms with Gasteiger partial charge in [-0.15, -0.1) is 0 Å². The first kappa shape index (κ1) is 24.2. The molecule has 1 atom stereocenters. The molecule has 176 valence electrons. The second-order valence-corrected chi connectivity index (χ2v) is 7.38. The maximum atomic E-state index is 13.0. The number of carbonyl (C=O) groups excluding carboxylic acids is 1. The summed E-state index contributed by atoms with van der Waals surface area (Å²) >= 11 is 0. The highest BCUT2D eigenvalue weighted by molar-refractivity contribution is 5.98. The van der Waals surface area contributed by atoms with Gasteiger partial charge in [-0.2, -0.15) is 26.3 Å². The molecule has 0 fully saturated rings. The first-order valence-corrected chi connectivity index (χ1v) is 9.49. The summed E-state index contributed by atoms with van der Waals surface area (Å²) in [5.41, 5.74) is 5.71. The fraction of sp³-hybridized carbons (Fsp3) is 0.286. The molecule has 3 N–H and O–H groups in total. The molecule has 2 heterocycles. The molecule has 0 bridgehead atoms. The number of fused-ring (bicyclic) bond motifs is 1. The molecule has 0 saturated heterocycles. The van der Waals surface area contributed by atoms with Crippen molar-refractivity contribution in [1.29, 1.82) is 0 Å². The number of pyridine rings is 2. The van der Waals surface area contributed by atoms with Gasteiger partial charge >= 0.3 is 12.4 Å². The maximum Gasteiger partial charge on any atom is 0.417 e. The van der Waals surface area contributed by atoms with Crippen molar-refractivity contribution in [2.45, 2.75) is 31.9 Å². The molecule has 0 aliphatic heterocycles. The van der Waals surface area contributed by atoms with Gasteiger partial charge < -0.3 is 15.7 Å². The average Bonchev–Trinajstić information content (AvgIpc) is 2.72. The molecule has 0 radical (unpaired) electrons. The second-order valence-electron chi connectivity index (χ2n) is 7.38. The Balaban J connectivity index is 1.93. The predicted molar refractivity (Wildman–Crippen MR) is 107 cm³/mol. The Morgan fingerprint density at radius 3 is 2.39 bits per heavy atom. The molecule has 1 amide bonds. The normalized spacial score (nSPS) is 13.2. The number of benzene rings is 1. The van der Waals surface area contributed by atoms with Crippen molar-refractivity contribution in [3.05, 3.63) is 65.0 Å². The lowest BCUT2D eigenvalue weighted by atomic mass is 10.1. The van der Waals surface area contributed by atoms with Crippen LogP contribution in [0.2, 0.25) is 0 Å². The van der Waals surface area contributed by atoms with Crippen LogP contribution in [-0.4, -0.2) is 44.7 Å². The van der Waals surface area contributed by atoms with Crippen LogP contribution < -0.4 is 5.73 Å². The fourth-order valence-electron chi connectivity index (χ4n) is 3.03. The monoisotopic (exact) mass is 472 g/mol. The summed E-state index contributed by atoms with van der Waals surface area (Å²) in [5, 5.41) is 10.0. The average molecular weight is 472 g/mol. The quantitative estimate of drug-likeness (QED) is 0.546. The number of nitrogens with two attached hydrogens (primary N) is 1. The van der Waals surface area contributed by atoms with Crippen molar-refractivity contribution in [3.63, 3.8) is 0 Å². The molecule has 0 aliphatic carbocycles. The zero-order valence-corrected chi connectivity index (χ0v) is 17.1. The number of aliphatic hydroxyl groups is 1. The number of amides is 1. The fourth-order valence-corrected chi connectivity index (χ4v) is 3.03. The molecule has 3 rings (SSSR count). The van der Waals surface area contributed by atoms with Crippen LogP contribution in [0.4, 0.5) is 32.2 Å². The van der Waals surface area contributed by atoms with Gasteiger partial charge in [-0.1, -0.05) is 0 Å². The topological polar surface area (TPSA) is 92.3 Å². The van der Waals surface area contributed by atoms with Crippen LogP contribution in [0, 0.1) is 6.92 Å². The summed E-state index contributed by atoms with van der Waals surface area (Å²) in [4.78, 5) is 21.5. The number of carbonyl (C=O) groups is 1. The standard InChI is InChI=1S/C21H18F6N4O2/c1-11-6-13-7-12(2-5-16(13)30-18(11)28)19(33)31(10-17(32)21(25,26)27)9-15-4-3-14(8-29-15)20(22,23)24/h2-8,17,32H,9-10H2,1H3,(H2,28,30)/t17-/m1/s1. The first-order valence-electron chi connectivity index (χ1n) is 9.49. The summed E-state index contributed by atoms with van der Waals surface area (Å²) in [6.45, 7) is 0.00178. The molecule has 0 spiro atoms. The second kappa shape index (κ2) is 8.85. The Morgan fingerprint density at radius 1 is 1.12 bits per heavy atom. The number of aromatic nitrogens is 2. The van der Waals surface area contributed by atoms with Crippen molar-refractivity contribution in [2.75, 3.05) is 12.3 Å². The number of rotatable bonds is 5. The SMILES string of the molecule is Cc1cc2cc(C(=O)N(Cc3ccc(C(F)(F)F)cn3)C[C@@H](O)C(F)(F)F)ccc2nc1N. The summed E-state index contributed by atoms with van der Waals surface area (Å²) in [6.07, 6.45) is -12.0. The Hall–Kier alpha value is -3.41. The molecule has 33 heavy (non-hydrogen) atoms. The van der Waals surface area contributed by atoms with E-state index >= 15 is 0 Å². The number of hydrogen-bond donors (Lipinski definition) is 2. The minimum atomic E-state index is -5.01. The van der Waals surface area contributed by atoms with Gasteiger partial charge in [-0.05, 0) is 48.9 Å². The van der Waals surface area contributed by atoms with Crippen LogP contribution in [0.1, 0.15) is 27.2 Å². The molecule has 0 aliphatic rings. The Labute approximate surface area is 183 Å². The third-order valence-electron chi connectivity index (χ3n) is 4.85. The Kier molecular flexibility index (Phi) is 6.50. The van der Waals surface area contributed by atoms with Crippen LogP contribution in [0.3, 0.4) is 0 Å². The highest BCUT2D eigenvalue weighted by atomic mass is 19.4. The summed E-state index contributed by atoms with van der Waals surface area (Å²) in [7, 11) is 0. The lowest BCUT2D eigenvalue weighted by Gasteiger charge is -2.26. The zero-order valence-electron chi connectivity index (χ0n) is 17.1. The van der Waals surface area contributed by atoms with Crippen molar-refractivity contribution in [2.24, 2.45) is 0 Å². The van der Waals surface area contributed by atoms with E-state index in [1.807, 2.05) is 0 Å². The molecule has 6 nitrogen and oxygen atoms in total. The van der Waals surface area contributed by atoms with Crippen molar-refractivity contribution < 1.29 is 36.2 Å². The molecule has 2 aromatic heterocycles. The van der Waals surface area contributed by atoms with Gasteiger partial charge in [0.15, 0.2) is 6.10 Å². The number of aliphatic hydroxyl groups excluding tert-OH is 1. The first-order chi connectivity index (χ1) is 15.3. The van der Waals surface area contributed by atoms with Crippen LogP contribution in [-0.2, 0) is 12.7 Å². The van der Waals surface area contributed by atoms with E-state index in [1.165, 1.54) is 18.2 Å². The number of nitrogen functional groups attached to an aromatic ring is 1. The molecule has 0 unspecified atom stereocenters. The van der Waals surface area contributed by atoms with Gasteiger partial charge in [-0.25, -0.2) is 4.98 Å². The Morgan fingerprint density at radius 2 is 1.82 bits per heavy atom. The Bertz CT molecular complexity index is 1160. The third-order valence-corrected chi connectivity index (χ3v) is 4.85. The van der Waals surface area contributed by atoms with Crippen molar-refractivity contribution >= 4 is 22.6 Å². The molecular weight excluding hydrogens is 454 g/mol. The number of alkyl halides is 6. The highest BCUT2D eigenvalue weighted by Gasteiger charge is 2.40. The highest BCUT2D eigenvalue weighted by Crippen LogP contribution is 2.29. The van der Waals surface area contributed by atoms with E-state index < -0.39 is 43.0 Å². The zero-order chi connectivity index (χ0) is 24.6. The molecule has 0 saturated carbocycles. The minimum Gasteiger partial charge on any atom is -0.383 e. The lowest BCUT2D eigenvalue weighted by Crippen LogP contribution is -2.43. The predicted octanol–water partition coefficient (Wildman–Crippen LogP) is 4.10. The van der Waals surface area contributed by atoms with Crippen molar-refractivity contribution in [3.8, 4) is 0 Å². The van der Waals surface area contributed by atoms with Crippen LogP contribution in [0.5, 0.6) is 0 Å². The van der Waals surface area contributed by atoms with E-state index in [2.05, 4.69) is 9.97 Å². The number of hydrogen-bond acceptors (Lipinski definition) is 5. The van der Waals surface area contributed by atoms with Gasteiger partial charge in [-0.3, -0.25) is 9.78 Å². The van der Waals surface area contributed by atoms with Gasteiger partial charge in [0.1, 0.15) is 5.82 Å². The van der Waals surface area contributed by atoms with E-state index in [0.717, 1.165) is 6.07 Å². The number of aryl methyl sites for hydroxylation is 1. The number of anilines is 1. The van der Waals surface area contributed by atoms with E-state index in [0.29, 0.717) is 33.6 Å². The number of nitrogens with zero attached hydrogens (tertiary/aromatic N) is 3. The molecular formula is C21H18F6N4O2. The summed E-state index contributed by atoms with van der Waals surface area (Å²) in [6, 6.07) is 7.53. The largest absolute Gasteiger partial charge is 0.417 e. The van der Waals surface area contributed by atoms with Gasteiger partial charge in [0.05, 0.1) is 29.9 Å². The van der Waals surface area contributed by atoms with Crippen molar-refractivity contribution in [1.82, 2.24) is 14.9 Å². The van der Waals surface area contributed by atoms with E-state index in [1.54, 1.807) is 13.0 Å². The maximum absolute atomic E-state index is 13.0. The number of halogens is 6. The molecule has 12 heteroatoms. The van der Waals surface area contributed by atoms with E-state index in [-0.39, 0.29) is 17.1 Å².